The standard InChI is InChI=1S/C5H9N3O/c6-2-1-4-3-5(9)8-7-4/h3H,1-2,6H2,(H2,7,8,9). The van der Waals surface area contributed by atoms with Crippen LogP contribution in [0.1, 0.15) is 5.69 Å². The zero-order valence-corrected chi connectivity index (χ0v) is 4.98. The summed E-state index contributed by atoms with van der Waals surface area (Å²) in [5.41, 5.74) is 6.00. The van der Waals surface area contributed by atoms with E-state index in [1.807, 2.05) is 0 Å². The molecule has 0 aromatic carbocycles. The van der Waals surface area contributed by atoms with E-state index in [1.165, 1.54) is 6.07 Å². The van der Waals surface area contributed by atoms with E-state index in [9.17, 15) is 4.79 Å². The Balaban J connectivity index is 2.73. The fourth-order valence-corrected chi connectivity index (χ4v) is 0.662. The SMILES string of the molecule is NCCc1cc(=O)[nH][nH]1. The lowest BCUT2D eigenvalue weighted by atomic mass is 10.3. The smallest absolute Gasteiger partial charge is 0.264 e. The van der Waals surface area contributed by atoms with Gasteiger partial charge in [0.2, 0.25) is 0 Å². The first-order chi connectivity index (χ1) is 4.33. The molecule has 1 heterocycles. The van der Waals surface area contributed by atoms with Crippen LogP contribution in [-0.2, 0) is 6.42 Å². The van der Waals surface area contributed by atoms with Crippen molar-refractivity contribution in [1.82, 2.24) is 10.2 Å². The van der Waals surface area contributed by atoms with Gasteiger partial charge in [-0.3, -0.25) is 9.89 Å². The van der Waals surface area contributed by atoms with Crippen molar-refractivity contribution >= 4 is 0 Å². The van der Waals surface area contributed by atoms with Crippen LogP contribution in [0.25, 0.3) is 0 Å². The van der Waals surface area contributed by atoms with Crippen LogP contribution in [-0.4, -0.2) is 16.7 Å². The van der Waals surface area contributed by atoms with Crippen molar-refractivity contribution in [2.45, 2.75) is 6.42 Å². The minimum Gasteiger partial charge on any atom is -0.330 e. The van der Waals surface area contributed by atoms with E-state index in [4.69, 9.17) is 5.73 Å². The van der Waals surface area contributed by atoms with E-state index < -0.39 is 0 Å². The highest BCUT2D eigenvalue weighted by Crippen LogP contribution is 1.84. The molecule has 0 amide bonds. The molecule has 1 rings (SSSR count). The monoisotopic (exact) mass is 127 g/mol. The zero-order valence-electron chi connectivity index (χ0n) is 4.98. The molecule has 0 aliphatic heterocycles. The number of nitrogens with two attached hydrogens (primary N) is 1. The van der Waals surface area contributed by atoms with Crippen LogP contribution >= 0.6 is 0 Å². The average Bonchev–Trinajstić information content (AvgIpc) is 2.17. The molecule has 4 N–H and O–H groups in total. The van der Waals surface area contributed by atoms with Gasteiger partial charge in [-0.25, -0.2) is 0 Å². The summed E-state index contributed by atoms with van der Waals surface area (Å²) in [6, 6.07) is 1.51. The van der Waals surface area contributed by atoms with Crippen molar-refractivity contribution in [2.24, 2.45) is 5.73 Å². The predicted octanol–water partition coefficient (Wildman–Crippen LogP) is -0.796. The highest BCUT2D eigenvalue weighted by atomic mass is 16.1. The van der Waals surface area contributed by atoms with Crippen molar-refractivity contribution in [1.29, 1.82) is 0 Å². The van der Waals surface area contributed by atoms with Crippen molar-refractivity contribution in [2.75, 3.05) is 6.54 Å². The lowest BCUT2D eigenvalue weighted by Gasteiger charge is -1.86. The van der Waals surface area contributed by atoms with Crippen molar-refractivity contribution in [3.8, 4) is 0 Å². The molecule has 0 saturated heterocycles. The number of hydrogen-bond donors (Lipinski definition) is 3. The molecule has 4 heteroatoms. The van der Waals surface area contributed by atoms with E-state index in [-0.39, 0.29) is 5.56 Å². The minimum atomic E-state index is -0.0987. The Morgan fingerprint density at radius 1 is 1.56 bits per heavy atom. The van der Waals surface area contributed by atoms with Crippen molar-refractivity contribution in [3.63, 3.8) is 0 Å². The Labute approximate surface area is 52.1 Å². The number of aromatic amines is 2. The number of hydrogen-bond acceptors (Lipinski definition) is 2. The minimum absolute atomic E-state index is 0.0987. The first-order valence-electron chi connectivity index (χ1n) is 2.79. The van der Waals surface area contributed by atoms with Crippen molar-refractivity contribution in [3.05, 3.63) is 22.1 Å². The highest BCUT2D eigenvalue weighted by Gasteiger charge is 1.91. The lowest BCUT2D eigenvalue weighted by Crippen LogP contribution is -2.02. The molecule has 1 aromatic heterocycles. The van der Waals surface area contributed by atoms with Gasteiger partial charge in [0.05, 0.1) is 0 Å². The van der Waals surface area contributed by atoms with Gasteiger partial charge in [-0.05, 0) is 6.54 Å². The average molecular weight is 127 g/mol. The van der Waals surface area contributed by atoms with Gasteiger partial charge < -0.3 is 10.8 Å². The summed E-state index contributed by atoms with van der Waals surface area (Å²) in [7, 11) is 0. The molecule has 0 spiro atoms. The Morgan fingerprint density at radius 3 is 2.78 bits per heavy atom. The van der Waals surface area contributed by atoms with Crippen LogP contribution in [0.3, 0.4) is 0 Å². The fraction of sp³-hybridized carbons (Fsp3) is 0.400. The Kier molecular flexibility index (Phi) is 1.69. The van der Waals surface area contributed by atoms with E-state index in [2.05, 4.69) is 10.2 Å². The summed E-state index contributed by atoms with van der Waals surface area (Å²) in [6.45, 7) is 0.563. The Hall–Kier alpha value is -1.03. The number of nitrogens with one attached hydrogen (secondary N) is 2. The van der Waals surface area contributed by atoms with E-state index in [0.29, 0.717) is 6.54 Å². The van der Waals surface area contributed by atoms with Gasteiger partial charge in [-0.15, -0.1) is 0 Å². The van der Waals surface area contributed by atoms with E-state index in [0.717, 1.165) is 12.1 Å². The molecular weight excluding hydrogens is 118 g/mol. The van der Waals surface area contributed by atoms with Crippen molar-refractivity contribution < 1.29 is 0 Å². The van der Waals surface area contributed by atoms with Gasteiger partial charge in [-0.2, -0.15) is 0 Å². The maximum absolute atomic E-state index is 10.4. The number of aromatic nitrogens is 2. The molecule has 0 bridgehead atoms. The lowest BCUT2D eigenvalue weighted by molar-refractivity contribution is 0.898. The molecule has 0 atom stereocenters. The molecule has 0 fully saturated rings. The molecule has 1 aromatic rings. The first kappa shape index (κ1) is 6.10. The third-order valence-electron chi connectivity index (χ3n) is 1.07. The molecule has 0 unspecified atom stereocenters. The first-order valence-corrected chi connectivity index (χ1v) is 2.79. The second-order valence-electron chi connectivity index (χ2n) is 1.82. The van der Waals surface area contributed by atoms with Crippen LogP contribution in [0.2, 0.25) is 0 Å². The van der Waals surface area contributed by atoms with Gasteiger partial charge in [-0.1, -0.05) is 0 Å². The molecule has 0 aliphatic carbocycles. The van der Waals surface area contributed by atoms with E-state index in [1.54, 1.807) is 0 Å². The fourth-order valence-electron chi connectivity index (χ4n) is 0.662. The van der Waals surface area contributed by atoms with Gasteiger partial charge >= 0.3 is 0 Å². The molecule has 9 heavy (non-hydrogen) atoms. The summed E-state index contributed by atoms with van der Waals surface area (Å²) in [6.07, 6.45) is 0.721. The second-order valence-corrected chi connectivity index (χ2v) is 1.82. The second kappa shape index (κ2) is 2.50. The van der Waals surface area contributed by atoms with Crippen LogP contribution in [0.4, 0.5) is 0 Å². The predicted molar refractivity (Wildman–Crippen MR) is 34.2 cm³/mol. The summed E-state index contributed by atoms with van der Waals surface area (Å²) >= 11 is 0. The van der Waals surface area contributed by atoms with E-state index >= 15 is 0 Å². The van der Waals surface area contributed by atoms with Crippen LogP contribution in [0.5, 0.6) is 0 Å². The molecule has 0 aliphatic rings. The number of rotatable bonds is 2. The molecular formula is C5H9N3O. The molecule has 0 radical (unpaired) electrons. The summed E-state index contributed by atoms with van der Waals surface area (Å²) in [5, 5.41) is 5.11. The zero-order chi connectivity index (χ0) is 6.69. The quantitative estimate of drug-likeness (QED) is 0.486. The van der Waals surface area contributed by atoms with Crippen LogP contribution in [0, 0.1) is 0 Å². The summed E-state index contributed by atoms with van der Waals surface area (Å²) in [4.78, 5) is 10.4. The largest absolute Gasteiger partial charge is 0.330 e. The molecule has 0 saturated carbocycles. The van der Waals surface area contributed by atoms with Crippen LogP contribution in [0.15, 0.2) is 10.9 Å². The van der Waals surface area contributed by atoms with Gasteiger partial charge in [0.25, 0.3) is 5.56 Å². The van der Waals surface area contributed by atoms with Gasteiger partial charge in [0, 0.05) is 18.2 Å². The third-order valence-corrected chi connectivity index (χ3v) is 1.07. The van der Waals surface area contributed by atoms with Crippen LogP contribution < -0.4 is 11.3 Å². The number of H-pyrrole nitrogens is 2. The van der Waals surface area contributed by atoms with Gasteiger partial charge in [0.1, 0.15) is 0 Å². The highest BCUT2D eigenvalue weighted by molar-refractivity contribution is 4.97. The summed E-state index contributed by atoms with van der Waals surface area (Å²) < 4.78 is 0. The molecule has 50 valence electrons. The normalized spacial score (nSPS) is 9.89. The maximum atomic E-state index is 10.4. The van der Waals surface area contributed by atoms with Gasteiger partial charge in [0.15, 0.2) is 0 Å². The topological polar surface area (TPSA) is 74.7 Å². The Bertz CT molecular complexity index is 224. The summed E-state index contributed by atoms with van der Waals surface area (Å²) in [5.74, 6) is 0. The molecule has 4 nitrogen and oxygen atoms in total. The maximum Gasteiger partial charge on any atom is 0.264 e. The third kappa shape index (κ3) is 1.43. The Morgan fingerprint density at radius 2 is 2.33 bits per heavy atom.